The maximum absolute atomic E-state index is 13.9. The van der Waals surface area contributed by atoms with Crippen molar-refractivity contribution in [1.29, 1.82) is 0 Å². The lowest BCUT2D eigenvalue weighted by Crippen LogP contribution is -2.51. The SMILES string of the molecule is Cc1ccccc1CN1C(=O)C2(SCCN2C(=O)C2CCCC2)c2ccccc21. The van der Waals surface area contributed by atoms with Crippen LogP contribution in [0.1, 0.15) is 42.4 Å². The molecule has 2 heterocycles. The molecule has 0 aromatic heterocycles. The van der Waals surface area contributed by atoms with Crippen molar-refractivity contribution in [1.82, 2.24) is 4.90 Å². The number of rotatable bonds is 3. The van der Waals surface area contributed by atoms with Gasteiger partial charge < -0.3 is 9.80 Å². The molecule has 2 aliphatic heterocycles. The van der Waals surface area contributed by atoms with E-state index in [9.17, 15) is 9.59 Å². The molecule has 2 amide bonds. The van der Waals surface area contributed by atoms with Crippen molar-refractivity contribution in [3.05, 3.63) is 65.2 Å². The Balaban J connectivity index is 1.56. The Morgan fingerprint density at radius 1 is 1.10 bits per heavy atom. The molecule has 0 bridgehead atoms. The Bertz CT molecular complexity index is 969. The second kappa shape index (κ2) is 7.21. The summed E-state index contributed by atoms with van der Waals surface area (Å²) in [5.41, 5.74) is 4.24. The maximum Gasteiger partial charge on any atom is 0.268 e. The first-order valence-electron chi connectivity index (χ1n) is 10.5. The number of carbonyl (C=O) groups excluding carboxylic acids is 2. The number of carbonyl (C=O) groups is 2. The third kappa shape index (κ3) is 2.82. The normalized spacial score (nSPS) is 24.0. The number of nitrogens with zero attached hydrogens (tertiary/aromatic N) is 2. The number of hydrogen-bond donors (Lipinski definition) is 0. The fourth-order valence-electron chi connectivity index (χ4n) is 5.10. The lowest BCUT2D eigenvalue weighted by Gasteiger charge is -2.35. The van der Waals surface area contributed by atoms with Gasteiger partial charge in [-0.05, 0) is 37.0 Å². The largest absolute Gasteiger partial charge is 0.315 e. The number of benzene rings is 2. The summed E-state index contributed by atoms with van der Waals surface area (Å²) in [5, 5.41) is 0. The van der Waals surface area contributed by atoms with Crippen molar-refractivity contribution in [2.75, 3.05) is 17.2 Å². The second-order valence-corrected chi connectivity index (χ2v) is 9.59. The van der Waals surface area contributed by atoms with E-state index in [2.05, 4.69) is 19.1 Å². The van der Waals surface area contributed by atoms with Gasteiger partial charge in [0.2, 0.25) is 5.91 Å². The zero-order valence-electron chi connectivity index (χ0n) is 16.8. The molecule has 1 spiro atoms. The minimum Gasteiger partial charge on any atom is -0.315 e. The van der Waals surface area contributed by atoms with Crippen LogP contribution in [0.2, 0.25) is 0 Å². The molecular weight excluding hydrogens is 380 g/mol. The predicted molar refractivity (Wildman–Crippen MR) is 117 cm³/mol. The van der Waals surface area contributed by atoms with Gasteiger partial charge in [-0.1, -0.05) is 55.3 Å². The van der Waals surface area contributed by atoms with Crippen LogP contribution in [0.5, 0.6) is 0 Å². The topological polar surface area (TPSA) is 40.6 Å². The summed E-state index contributed by atoms with van der Waals surface area (Å²) in [5.74, 6) is 1.09. The maximum atomic E-state index is 13.9. The molecule has 4 nitrogen and oxygen atoms in total. The van der Waals surface area contributed by atoms with E-state index in [0.29, 0.717) is 13.1 Å². The zero-order valence-corrected chi connectivity index (χ0v) is 17.6. The van der Waals surface area contributed by atoms with Crippen LogP contribution in [-0.2, 0) is 21.0 Å². The summed E-state index contributed by atoms with van der Waals surface area (Å²) in [6.07, 6.45) is 4.15. The molecular formula is C24H26N2O2S. The van der Waals surface area contributed by atoms with Gasteiger partial charge in [0.25, 0.3) is 5.91 Å². The highest BCUT2D eigenvalue weighted by Crippen LogP contribution is 2.55. The summed E-state index contributed by atoms with van der Waals surface area (Å²) in [7, 11) is 0. The average molecular weight is 407 g/mol. The molecule has 150 valence electrons. The number of fused-ring (bicyclic) bond motifs is 2. The standard InChI is InChI=1S/C24H26N2O2S/c1-17-8-2-3-11-19(17)16-25-21-13-7-6-12-20(21)24(23(25)28)26(14-15-29-24)22(27)18-9-4-5-10-18/h2-3,6-8,11-13,18H,4-5,9-10,14-16H2,1H3. The third-order valence-electron chi connectivity index (χ3n) is 6.66. The van der Waals surface area contributed by atoms with Crippen molar-refractivity contribution in [3.63, 3.8) is 0 Å². The van der Waals surface area contributed by atoms with Crippen molar-refractivity contribution in [2.24, 2.45) is 5.92 Å². The van der Waals surface area contributed by atoms with Crippen molar-refractivity contribution < 1.29 is 9.59 Å². The Morgan fingerprint density at radius 2 is 1.83 bits per heavy atom. The minimum absolute atomic E-state index is 0.0378. The first-order valence-corrected chi connectivity index (χ1v) is 11.5. The molecule has 1 saturated carbocycles. The Labute approximate surface area is 176 Å². The van der Waals surface area contributed by atoms with E-state index >= 15 is 0 Å². The zero-order chi connectivity index (χ0) is 20.0. The van der Waals surface area contributed by atoms with E-state index in [1.165, 1.54) is 5.56 Å². The van der Waals surface area contributed by atoms with Gasteiger partial charge in [-0.2, -0.15) is 0 Å². The molecule has 2 aromatic carbocycles. The molecule has 2 aromatic rings. The molecule has 5 rings (SSSR count). The minimum atomic E-state index is -0.890. The fraction of sp³-hybridized carbons (Fsp3) is 0.417. The summed E-state index contributed by atoms with van der Waals surface area (Å²) >= 11 is 1.63. The summed E-state index contributed by atoms with van der Waals surface area (Å²) in [6, 6.07) is 16.2. The summed E-state index contributed by atoms with van der Waals surface area (Å²) in [4.78, 5) is 30.3. The fourth-order valence-corrected chi connectivity index (χ4v) is 6.56. The van der Waals surface area contributed by atoms with Crippen LogP contribution >= 0.6 is 11.8 Å². The number of hydrogen-bond acceptors (Lipinski definition) is 3. The van der Waals surface area contributed by atoms with Crippen LogP contribution in [-0.4, -0.2) is 29.0 Å². The quantitative estimate of drug-likeness (QED) is 0.756. The molecule has 1 atom stereocenters. The highest BCUT2D eigenvalue weighted by molar-refractivity contribution is 8.01. The van der Waals surface area contributed by atoms with Gasteiger partial charge in [-0.3, -0.25) is 9.59 Å². The average Bonchev–Trinajstić information content (AvgIpc) is 3.47. The Hall–Kier alpha value is -2.27. The van der Waals surface area contributed by atoms with Crippen molar-refractivity contribution >= 4 is 29.3 Å². The number of amides is 2. The van der Waals surface area contributed by atoms with Gasteiger partial charge in [0.15, 0.2) is 4.87 Å². The summed E-state index contributed by atoms with van der Waals surface area (Å²) < 4.78 is 0. The van der Waals surface area contributed by atoms with E-state index in [0.717, 1.165) is 48.3 Å². The predicted octanol–water partition coefficient (Wildman–Crippen LogP) is 4.46. The van der Waals surface area contributed by atoms with Gasteiger partial charge in [0.1, 0.15) is 0 Å². The van der Waals surface area contributed by atoms with Gasteiger partial charge in [-0.25, -0.2) is 0 Å². The second-order valence-electron chi connectivity index (χ2n) is 8.30. The monoisotopic (exact) mass is 406 g/mol. The van der Waals surface area contributed by atoms with E-state index < -0.39 is 4.87 Å². The van der Waals surface area contributed by atoms with E-state index in [1.54, 1.807) is 11.8 Å². The molecule has 29 heavy (non-hydrogen) atoms. The lowest BCUT2D eigenvalue weighted by molar-refractivity contribution is -0.143. The molecule has 3 aliphatic rings. The number of thioether (sulfide) groups is 1. The highest BCUT2D eigenvalue weighted by Gasteiger charge is 2.59. The number of aryl methyl sites for hydroxylation is 1. The number of para-hydroxylation sites is 1. The smallest absolute Gasteiger partial charge is 0.268 e. The Kier molecular flexibility index (Phi) is 4.66. The Morgan fingerprint density at radius 3 is 2.62 bits per heavy atom. The number of anilines is 1. The van der Waals surface area contributed by atoms with Crippen molar-refractivity contribution in [3.8, 4) is 0 Å². The van der Waals surface area contributed by atoms with E-state index in [4.69, 9.17) is 0 Å². The van der Waals surface area contributed by atoms with Crippen LogP contribution in [0.3, 0.4) is 0 Å². The summed E-state index contributed by atoms with van der Waals surface area (Å²) in [6.45, 7) is 3.27. The molecule has 1 aliphatic carbocycles. The van der Waals surface area contributed by atoms with Crippen LogP contribution in [0.4, 0.5) is 5.69 Å². The lowest BCUT2D eigenvalue weighted by atomic mass is 10.0. The van der Waals surface area contributed by atoms with Gasteiger partial charge in [0.05, 0.1) is 12.2 Å². The highest BCUT2D eigenvalue weighted by atomic mass is 32.2. The van der Waals surface area contributed by atoms with Gasteiger partial charge >= 0.3 is 0 Å². The molecule has 1 saturated heterocycles. The molecule has 0 radical (unpaired) electrons. The van der Waals surface area contributed by atoms with Gasteiger partial charge in [0, 0.05) is 23.8 Å². The van der Waals surface area contributed by atoms with Gasteiger partial charge in [-0.15, -0.1) is 11.8 Å². The molecule has 5 heteroatoms. The first kappa shape index (κ1) is 18.7. The van der Waals surface area contributed by atoms with E-state index in [-0.39, 0.29) is 17.7 Å². The third-order valence-corrected chi connectivity index (χ3v) is 8.08. The molecule has 1 unspecified atom stereocenters. The van der Waals surface area contributed by atoms with Crippen LogP contribution in [0, 0.1) is 12.8 Å². The van der Waals surface area contributed by atoms with Crippen LogP contribution < -0.4 is 4.90 Å². The van der Waals surface area contributed by atoms with Crippen LogP contribution in [0.15, 0.2) is 48.5 Å². The molecule has 2 fully saturated rings. The van der Waals surface area contributed by atoms with E-state index in [1.807, 2.05) is 46.2 Å². The molecule has 0 N–H and O–H groups in total. The van der Waals surface area contributed by atoms with Crippen LogP contribution in [0.25, 0.3) is 0 Å². The van der Waals surface area contributed by atoms with Crippen molar-refractivity contribution in [2.45, 2.75) is 44.0 Å². The first-order chi connectivity index (χ1) is 14.1.